The molecule has 1 aromatic heterocycles. The predicted molar refractivity (Wildman–Crippen MR) is 82.1 cm³/mol. The largest absolute Gasteiger partial charge is 0.300 e. The molecule has 8 nitrogen and oxygen atoms in total. The van der Waals surface area contributed by atoms with Gasteiger partial charge in [0.1, 0.15) is 11.4 Å². The second-order valence-corrected chi connectivity index (χ2v) is 5.10. The molecule has 3 aromatic rings. The number of carbonyl (C=O) groups is 2. The standard InChI is InChI=1S/C15H7N3O5.Na/c19-14-7-3-1-2-4-8(7)15(20)11(14)9-5-6-10(18(21)22)13-12(9)16-23-17-13;/h1-6,11H;. The number of carbonyl (C=O) groups excluding carboxylic acids is 2. The van der Waals surface area contributed by atoms with Crippen molar-refractivity contribution >= 4 is 57.8 Å². The van der Waals surface area contributed by atoms with E-state index in [2.05, 4.69) is 14.9 Å². The van der Waals surface area contributed by atoms with Crippen LogP contribution in [0.3, 0.4) is 0 Å². The van der Waals surface area contributed by atoms with Crippen LogP contribution in [0.5, 0.6) is 0 Å². The second kappa shape index (κ2) is 5.90. The summed E-state index contributed by atoms with van der Waals surface area (Å²) in [4.78, 5) is 35.5. The molecule has 0 saturated heterocycles. The maximum atomic E-state index is 12.6. The molecule has 1 heterocycles. The molecule has 0 aliphatic heterocycles. The van der Waals surface area contributed by atoms with Gasteiger partial charge in [-0.1, -0.05) is 24.3 Å². The van der Waals surface area contributed by atoms with Crippen molar-refractivity contribution in [3.63, 3.8) is 0 Å². The van der Waals surface area contributed by atoms with Gasteiger partial charge in [-0.25, -0.2) is 4.63 Å². The second-order valence-electron chi connectivity index (χ2n) is 5.10. The number of nitro groups is 1. The maximum Gasteiger partial charge on any atom is 0.300 e. The Labute approximate surface area is 156 Å². The van der Waals surface area contributed by atoms with Gasteiger partial charge in [-0.05, 0) is 16.4 Å². The first-order valence-electron chi connectivity index (χ1n) is 6.66. The minimum atomic E-state index is -1.08. The van der Waals surface area contributed by atoms with E-state index in [0.29, 0.717) is 11.1 Å². The van der Waals surface area contributed by atoms with Crippen molar-refractivity contribution in [1.29, 1.82) is 0 Å². The number of hydrogen-bond donors (Lipinski definition) is 0. The van der Waals surface area contributed by atoms with E-state index < -0.39 is 10.8 Å². The van der Waals surface area contributed by atoms with Gasteiger partial charge < -0.3 is 0 Å². The van der Waals surface area contributed by atoms with E-state index in [0.717, 1.165) is 0 Å². The normalized spacial score (nSPS) is 13.8. The Morgan fingerprint density at radius 3 is 2.12 bits per heavy atom. The van der Waals surface area contributed by atoms with Crippen LogP contribution >= 0.6 is 0 Å². The summed E-state index contributed by atoms with van der Waals surface area (Å²) in [6, 6.07) is 9.08. The molecule has 0 bridgehead atoms. The van der Waals surface area contributed by atoms with Crippen molar-refractivity contribution in [1.82, 2.24) is 10.3 Å². The Hall–Kier alpha value is -2.42. The van der Waals surface area contributed by atoms with Crippen molar-refractivity contribution in [3.05, 3.63) is 63.2 Å². The fourth-order valence-electron chi connectivity index (χ4n) is 2.88. The number of benzene rings is 2. The Morgan fingerprint density at radius 1 is 0.958 bits per heavy atom. The number of ketones is 2. The summed E-state index contributed by atoms with van der Waals surface area (Å²) in [6.07, 6.45) is 0. The molecule has 24 heavy (non-hydrogen) atoms. The van der Waals surface area contributed by atoms with Crippen LogP contribution in [-0.2, 0) is 0 Å². The third kappa shape index (κ3) is 2.19. The predicted octanol–water partition coefficient (Wildman–Crippen LogP) is 1.91. The molecule has 1 radical (unpaired) electrons. The van der Waals surface area contributed by atoms with E-state index in [1.54, 1.807) is 24.3 Å². The Kier molecular flexibility index (Phi) is 4.04. The van der Waals surface area contributed by atoms with Gasteiger partial charge in [-0.3, -0.25) is 19.7 Å². The fourth-order valence-corrected chi connectivity index (χ4v) is 2.88. The molecule has 0 amide bonds. The molecule has 113 valence electrons. The molecule has 4 rings (SSSR count). The van der Waals surface area contributed by atoms with Gasteiger partial charge in [0.25, 0.3) is 0 Å². The zero-order chi connectivity index (χ0) is 16.1. The number of rotatable bonds is 2. The average molecular weight is 332 g/mol. The minimum Gasteiger partial charge on any atom is -0.293 e. The summed E-state index contributed by atoms with van der Waals surface area (Å²) < 4.78 is 4.58. The number of aromatic nitrogens is 2. The van der Waals surface area contributed by atoms with Crippen molar-refractivity contribution in [2.45, 2.75) is 5.92 Å². The topological polar surface area (TPSA) is 116 Å². The van der Waals surface area contributed by atoms with Gasteiger partial charge in [0.15, 0.2) is 11.6 Å². The van der Waals surface area contributed by atoms with E-state index in [1.807, 2.05) is 0 Å². The average Bonchev–Trinajstić information content (AvgIpc) is 3.12. The number of Topliss-reactive ketones (excluding diaryl/α,β-unsaturated/α-hetero) is 2. The zero-order valence-corrected chi connectivity index (χ0v) is 14.4. The van der Waals surface area contributed by atoms with Crippen LogP contribution in [-0.4, -0.2) is 56.4 Å². The maximum absolute atomic E-state index is 12.6. The molecule has 0 saturated carbocycles. The molecule has 1 aliphatic rings. The number of non-ortho nitro benzene ring substituents is 1. The van der Waals surface area contributed by atoms with Gasteiger partial charge in [-0.2, -0.15) is 0 Å². The van der Waals surface area contributed by atoms with Gasteiger partial charge >= 0.3 is 5.69 Å². The van der Waals surface area contributed by atoms with Crippen LogP contribution in [0.4, 0.5) is 5.69 Å². The monoisotopic (exact) mass is 332 g/mol. The van der Waals surface area contributed by atoms with Crippen LogP contribution in [0.15, 0.2) is 41.0 Å². The van der Waals surface area contributed by atoms with Crippen LogP contribution in [0.2, 0.25) is 0 Å². The molecular formula is C15H7N3NaO5. The van der Waals surface area contributed by atoms with Crippen molar-refractivity contribution in [3.8, 4) is 0 Å². The third-order valence-corrected chi connectivity index (χ3v) is 3.92. The van der Waals surface area contributed by atoms with Gasteiger partial charge in [0.05, 0.1) is 4.92 Å². The number of hydrogen-bond acceptors (Lipinski definition) is 7. The molecule has 0 unspecified atom stereocenters. The smallest absolute Gasteiger partial charge is 0.293 e. The van der Waals surface area contributed by atoms with E-state index in [1.165, 1.54) is 12.1 Å². The van der Waals surface area contributed by atoms with Gasteiger partial charge in [0, 0.05) is 52.3 Å². The molecule has 1 aliphatic carbocycles. The third-order valence-electron chi connectivity index (χ3n) is 3.92. The van der Waals surface area contributed by atoms with Crippen LogP contribution < -0.4 is 0 Å². The minimum absolute atomic E-state index is 0. The Bertz CT molecular complexity index is 978. The van der Waals surface area contributed by atoms with Crippen LogP contribution in [0, 0.1) is 10.1 Å². The molecule has 0 N–H and O–H groups in total. The van der Waals surface area contributed by atoms with Crippen molar-refractivity contribution in [2.75, 3.05) is 0 Å². The zero-order valence-electron chi connectivity index (χ0n) is 12.4. The first-order valence-corrected chi connectivity index (χ1v) is 6.66. The molecule has 0 spiro atoms. The van der Waals surface area contributed by atoms with Crippen molar-refractivity contribution < 1.29 is 19.1 Å². The number of nitro benzene ring substituents is 1. The van der Waals surface area contributed by atoms with E-state index in [4.69, 9.17) is 0 Å². The summed E-state index contributed by atoms with van der Waals surface area (Å²) in [5, 5.41) is 18.2. The fraction of sp³-hybridized carbons (Fsp3) is 0.0667. The number of fused-ring (bicyclic) bond motifs is 2. The quantitative estimate of drug-likeness (QED) is 0.304. The molecular weight excluding hydrogens is 325 g/mol. The summed E-state index contributed by atoms with van der Waals surface area (Å²) in [5.74, 6) is -1.80. The first kappa shape index (κ1) is 16.4. The number of nitrogens with zero attached hydrogens (tertiary/aromatic N) is 3. The van der Waals surface area contributed by atoms with Crippen LogP contribution in [0.1, 0.15) is 32.2 Å². The summed E-state index contributed by atoms with van der Waals surface area (Å²) in [6.45, 7) is 0. The molecule has 0 atom stereocenters. The Morgan fingerprint density at radius 2 is 1.54 bits per heavy atom. The van der Waals surface area contributed by atoms with Gasteiger partial charge in [-0.15, -0.1) is 0 Å². The summed E-state index contributed by atoms with van der Waals surface area (Å²) >= 11 is 0. The van der Waals surface area contributed by atoms with Crippen molar-refractivity contribution in [2.24, 2.45) is 0 Å². The SMILES string of the molecule is O=C1c2ccccc2C(=O)C1c1ccc([N+](=O)[O-])c2nonc12.[Na]. The molecule has 0 fully saturated rings. The molecule has 2 aromatic carbocycles. The van der Waals surface area contributed by atoms with Crippen LogP contribution in [0.25, 0.3) is 11.0 Å². The Balaban J connectivity index is 0.00000169. The summed E-state index contributed by atoms with van der Waals surface area (Å²) in [7, 11) is 0. The first-order chi connectivity index (χ1) is 11.1. The molecule has 9 heteroatoms. The summed E-state index contributed by atoms with van der Waals surface area (Å²) in [5.41, 5.74) is 0.622. The van der Waals surface area contributed by atoms with E-state index in [-0.39, 0.29) is 63.4 Å². The van der Waals surface area contributed by atoms with Gasteiger partial charge in [0.2, 0.25) is 5.52 Å². The van der Waals surface area contributed by atoms with E-state index in [9.17, 15) is 19.7 Å². The van der Waals surface area contributed by atoms with E-state index >= 15 is 0 Å².